The van der Waals surface area contributed by atoms with Gasteiger partial charge < -0.3 is 10.2 Å². The smallest absolute Gasteiger partial charge is 0.227 e. The maximum Gasteiger partial charge on any atom is 0.227 e. The third-order valence-corrected chi connectivity index (χ3v) is 5.07. The minimum absolute atomic E-state index is 0.205. The average Bonchev–Trinajstić information content (AvgIpc) is 2.93. The first-order chi connectivity index (χ1) is 9.59. The highest BCUT2D eigenvalue weighted by molar-refractivity contribution is 5.80. The van der Waals surface area contributed by atoms with E-state index in [1.165, 1.54) is 25.7 Å². The summed E-state index contributed by atoms with van der Waals surface area (Å²) in [6.07, 6.45) is 8.39. The zero-order valence-corrected chi connectivity index (χ0v) is 13.5. The van der Waals surface area contributed by atoms with E-state index in [9.17, 15) is 4.79 Å². The van der Waals surface area contributed by atoms with Crippen molar-refractivity contribution in [3.63, 3.8) is 0 Å². The highest BCUT2D eigenvalue weighted by Crippen LogP contribution is 2.28. The van der Waals surface area contributed by atoms with E-state index in [4.69, 9.17) is 0 Å². The fourth-order valence-electron chi connectivity index (χ4n) is 3.68. The molecule has 2 fully saturated rings. The van der Waals surface area contributed by atoms with Crippen LogP contribution in [0, 0.1) is 11.8 Å². The number of nitrogens with zero attached hydrogens (tertiary/aromatic N) is 1. The number of hydrogen-bond donors (Lipinski definition) is 1. The van der Waals surface area contributed by atoms with Crippen LogP contribution in [0.3, 0.4) is 0 Å². The fraction of sp³-hybridized carbons (Fsp3) is 0.941. The van der Waals surface area contributed by atoms with Crippen LogP contribution in [0.1, 0.15) is 65.7 Å². The first kappa shape index (κ1) is 15.8. The van der Waals surface area contributed by atoms with Crippen LogP contribution in [0.25, 0.3) is 0 Å². The summed E-state index contributed by atoms with van der Waals surface area (Å²) in [5, 5.41) is 3.48. The molecule has 2 rings (SSSR count). The number of rotatable bonds is 5. The molecule has 20 heavy (non-hydrogen) atoms. The molecule has 2 unspecified atom stereocenters. The van der Waals surface area contributed by atoms with Crippen LogP contribution in [-0.4, -0.2) is 36.0 Å². The van der Waals surface area contributed by atoms with Crippen LogP contribution in [0.15, 0.2) is 0 Å². The Labute approximate surface area is 124 Å². The predicted molar refractivity (Wildman–Crippen MR) is 83.6 cm³/mol. The number of carbonyl (C=O) groups is 1. The van der Waals surface area contributed by atoms with Crippen molar-refractivity contribution in [2.75, 3.05) is 13.1 Å². The lowest BCUT2D eigenvalue weighted by Crippen LogP contribution is -2.51. The number of piperidine rings is 1. The van der Waals surface area contributed by atoms with Crippen LogP contribution in [-0.2, 0) is 4.79 Å². The van der Waals surface area contributed by atoms with Crippen molar-refractivity contribution < 1.29 is 4.79 Å². The van der Waals surface area contributed by atoms with Crippen LogP contribution >= 0.6 is 0 Å². The molecule has 2 atom stereocenters. The van der Waals surface area contributed by atoms with Crippen molar-refractivity contribution in [2.45, 2.75) is 77.8 Å². The number of hydrogen-bond acceptors (Lipinski definition) is 2. The van der Waals surface area contributed by atoms with Gasteiger partial charge >= 0.3 is 0 Å². The standard InChI is InChI=1S/C17H32N2O/c1-13(2)10-12-19(15-7-4-5-8-15)17(20)16-9-6-11-18-14(16)3/h13-16,18H,4-12H2,1-3H3. The van der Waals surface area contributed by atoms with Crippen LogP contribution in [0.5, 0.6) is 0 Å². The molecule has 0 aromatic carbocycles. The first-order valence-corrected chi connectivity index (χ1v) is 8.63. The molecule has 3 heteroatoms. The Morgan fingerprint density at radius 2 is 1.90 bits per heavy atom. The van der Waals surface area contributed by atoms with E-state index in [0.29, 0.717) is 23.9 Å². The van der Waals surface area contributed by atoms with Gasteiger partial charge in [0.25, 0.3) is 0 Å². The highest BCUT2D eigenvalue weighted by Gasteiger charge is 2.34. The molecule has 0 radical (unpaired) electrons. The second kappa shape index (κ2) is 7.44. The summed E-state index contributed by atoms with van der Waals surface area (Å²) in [5.74, 6) is 1.31. The number of amides is 1. The summed E-state index contributed by atoms with van der Waals surface area (Å²) in [7, 11) is 0. The molecule has 1 aliphatic heterocycles. The average molecular weight is 280 g/mol. The van der Waals surface area contributed by atoms with Gasteiger partial charge in [0.05, 0.1) is 5.92 Å². The molecule has 1 saturated carbocycles. The molecule has 0 aromatic rings. The van der Waals surface area contributed by atoms with E-state index < -0.39 is 0 Å². The lowest BCUT2D eigenvalue weighted by molar-refractivity contribution is -0.139. The van der Waals surface area contributed by atoms with Gasteiger partial charge in [0.15, 0.2) is 0 Å². The topological polar surface area (TPSA) is 32.3 Å². The second-order valence-corrected chi connectivity index (χ2v) is 7.14. The highest BCUT2D eigenvalue weighted by atomic mass is 16.2. The summed E-state index contributed by atoms with van der Waals surface area (Å²) in [4.78, 5) is 15.2. The summed E-state index contributed by atoms with van der Waals surface area (Å²) < 4.78 is 0. The lowest BCUT2D eigenvalue weighted by Gasteiger charge is -2.37. The van der Waals surface area contributed by atoms with Crippen LogP contribution in [0.2, 0.25) is 0 Å². The molecule has 0 spiro atoms. The summed E-state index contributed by atoms with van der Waals surface area (Å²) in [6.45, 7) is 8.71. The zero-order chi connectivity index (χ0) is 14.5. The van der Waals surface area contributed by atoms with Crippen LogP contribution < -0.4 is 5.32 Å². The minimum atomic E-state index is 0.205. The third-order valence-electron chi connectivity index (χ3n) is 5.07. The molecular formula is C17H32N2O. The molecule has 1 saturated heterocycles. The second-order valence-electron chi connectivity index (χ2n) is 7.14. The van der Waals surface area contributed by atoms with Gasteiger partial charge in [-0.25, -0.2) is 0 Å². The van der Waals surface area contributed by atoms with Gasteiger partial charge in [0, 0.05) is 18.6 Å². The van der Waals surface area contributed by atoms with E-state index >= 15 is 0 Å². The molecule has 0 aromatic heterocycles. The van der Waals surface area contributed by atoms with E-state index in [0.717, 1.165) is 32.4 Å². The minimum Gasteiger partial charge on any atom is -0.339 e. The van der Waals surface area contributed by atoms with Crippen molar-refractivity contribution in [3.05, 3.63) is 0 Å². The Bertz CT molecular complexity index is 310. The molecule has 1 aliphatic carbocycles. The first-order valence-electron chi connectivity index (χ1n) is 8.63. The maximum atomic E-state index is 13.0. The van der Waals surface area contributed by atoms with Gasteiger partial charge in [-0.15, -0.1) is 0 Å². The quantitative estimate of drug-likeness (QED) is 0.839. The Morgan fingerprint density at radius 1 is 1.20 bits per heavy atom. The van der Waals surface area contributed by atoms with Gasteiger partial charge in [0.1, 0.15) is 0 Å². The fourth-order valence-corrected chi connectivity index (χ4v) is 3.68. The maximum absolute atomic E-state index is 13.0. The summed E-state index contributed by atoms with van der Waals surface area (Å²) in [5.41, 5.74) is 0. The van der Waals surface area contributed by atoms with Crippen molar-refractivity contribution in [1.29, 1.82) is 0 Å². The molecule has 1 N–H and O–H groups in total. The predicted octanol–water partition coefficient (Wildman–Crippen LogP) is 3.19. The zero-order valence-electron chi connectivity index (χ0n) is 13.5. The monoisotopic (exact) mass is 280 g/mol. The van der Waals surface area contributed by atoms with Gasteiger partial charge in [-0.2, -0.15) is 0 Å². The molecule has 116 valence electrons. The van der Waals surface area contributed by atoms with Crippen molar-refractivity contribution >= 4 is 5.91 Å². The van der Waals surface area contributed by atoms with E-state index in [1.54, 1.807) is 0 Å². The van der Waals surface area contributed by atoms with Crippen molar-refractivity contribution in [2.24, 2.45) is 11.8 Å². The SMILES string of the molecule is CC(C)CCN(C(=O)C1CCCNC1C)C1CCCC1. The Kier molecular flexibility index (Phi) is 5.88. The van der Waals surface area contributed by atoms with E-state index in [-0.39, 0.29) is 5.92 Å². The summed E-state index contributed by atoms with van der Waals surface area (Å²) in [6, 6.07) is 0.870. The molecular weight excluding hydrogens is 248 g/mol. The van der Waals surface area contributed by atoms with Gasteiger partial charge in [-0.3, -0.25) is 4.79 Å². The van der Waals surface area contributed by atoms with Gasteiger partial charge in [0.2, 0.25) is 5.91 Å². The van der Waals surface area contributed by atoms with E-state index in [2.05, 4.69) is 31.0 Å². The number of nitrogens with one attached hydrogen (secondary N) is 1. The van der Waals surface area contributed by atoms with E-state index in [1.807, 2.05) is 0 Å². The molecule has 0 bridgehead atoms. The lowest BCUT2D eigenvalue weighted by atomic mass is 9.90. The largest absolute Gasteiger partial charge is 0.339 e. The Morgan fingerprint density at radius 3 is 2.50 bits per heavy atom. The number of carbonyl (C=O) groups excluding carboxylic acids is 1. The normalized spacial score (nSPS) is 28.0. The molecule has 3 nitrogen and oxygen atoms in total. The van der Waals surface area contributed by atoms with Crippen LogP contribution in [0.4, 0.5) is 0 Å². The molecule has 1 amide bonds. The van der Waals surface area contributed by atoms with Gasteiger partial charge in [-0.05, 0) is 51.5 Å². The molecule has 2 aliphatic rings. The summed E-state index contributed by atoms with van der Waals surface area (Å²) >= 11 is 0. The third kappa shape index (κ3) is 3.97. The Balaban J connectivity index is 2.01. The van der Waals surface area contributed by atoms with Crippen molar-refractivity contribution in [3.8, 4) is 0 Å². The Hall–Kier alpha value is -0.570. The van der Waals surface area contributed by atoms with Gasteiger partial charge in [-0.1, -0.05) is 26.7 Å². The molecule has 1 heterocycles. The van der Waals surface area contributed by atoms with Crippen molar-refractivity contribution in [1.82, 2.24) is 10.2 Å².